The molecular formula is C31H19N3S. The molecule has 0 spiro atoms. The van der Waals surface area contributed by atoms with Crippen molar-refractivity contribution in [3.8, 4) is 16.8 Å². The van der Waals surface area contributed by atoms with E-state index < -0.39 is 0 Å². The van der Waals surface area contributed by atoms with Gasteiger partial charge in [0.15, 0.2) is 0 Å². The van der Waals surface area contributed by atoms with Crippen LogP contribution in [0.4, 0.5) is 0 Å². The molecule has 0 aliphatic carbocycles. The molecule has 0 saturated heterocycles. The molecule has 0 atom stereocenters. The summed E-state index contributed by atoms with van der Waals surface area (Å²) in [5.41, 5.74) is 8.22. The normalized spacial score (nSPS) is 12.0. The van der Waals surface area contributed by atoms with Crippen LogP contribution in [0.25, 0.3) is 65.8 Å². The van der Waals surface area contributed by atoms with Crippen LogP contribution in [0.15, 0.2) is 114 Å². The number of nitrogens with zero attached hydrogens (tertiary/aromatic N) is 3. The van der Waals surface area contributed by atoms with E-state index in [4.69, 9.17) is 5.10 Å². The molecule has 4 heterocycles. The molecule has 0 aliphatic heterocycles. The number of pyridine rings is 1. The summed E-state index contributed by atoms with van der Waals surface area (Å²) in [5, 5.41) is 15.7. The van der Waals surface area contributed by atoms with Gasteiger partial charge in [-0.15, -0.1) is 0 Å². The van der Waals surface area contributed by atoms with Crippen molar-refractivity contribution in [2.24, 2.45) is 0 Å². The molecule has 0 aliphatic rings. The quantitative estimate of drug-likeness (QED) is 0.251. The van der Waals surface area contributed by atoms with Crippen LogP contribution in [0.1, 0.15) is 0 Å². The Labute approximate surface area is 205 Å². The summed E-state index contributed by atoms with van der Waals surface area (Å²) in [4.78, 5) is 0. The van der Waals surface area contributed by atoms with E-state index in [-0.39, 0.29) is 0 Å². The summed E-state index contributed by atoms with van der Waals surface area (Å²) in [6.07, 6.45) is 2.02. The van der Waals surface area contributed by atoms with Crippen molar-refractivity contribution in [1.82, 2.24) is 14.2 Å². The lowest BCUT2D eigenvalue weighted by atomic mass is 10.0. The highest BCUT2D eigenvalue weighted by Gasteiger charge is 2.17. The van der Waals surface area contributed by atoms with Gasteiger partial charge in [-0.1, -0.05) is 66.7 Å². The van der Waals surface area contributed by atoms with Gasteiger partial charge in [-0.3, -0.25) is 0 Å². The Bertz CT molecular complexity index is 2020. The number of benzene rings is 4. The largest absolute Gasteiger partial charge is 0.309 e. The summed E-state index contributed by atoms with van der Waals surface area (Å²) in [6, 6.07) is 34.7. The van der Waals surface area contributed by atoms with Gasteiger partial charge in [-0.25, -0.2) is 4.52 Å². The lowest BCUT2D eigenvalue weighted by Crippen LogP contribution is -1.94. The molecule has 8 rings (SSSR count). The molecule has 0 amide bonds. The van der Waals surface area contributed by atoms with E-state index in [1.54, 1.807) is 11.3 Å². The molecule has 0 saturated carbocycles. The van der Waals surface area contributed by atoms with E-state index in [9.17, 15) is 0 Å². The fourth-order valence-electron chi connectivity index (χ4n) is 5.59. The lowest BCUT2D eigenvalue weighted by molar-refractivity contribution is 1.01. The van der Waals surface area contributed by atoms with E-state index in [0.29, 0.717) is 0 Å². The first-order valence-electron chi connectivity index (χ1n) is 11.7. The number of aromatic nitrogens is 3. The third-order valence-corrected chi connectivity index (χ3v) is 7.85. The zero-order chi connectivity index (χ0) is 22.9. The van der Waals surface area contributed by atoms with Crippen LogP contribution < -0.4 is 0 Å². The summed E-state index contributed by atoms with van der Waals surface area (Å²) in [7, 11) is 0. The second-order valence-electron chi connectivity index (χ2n) is 8.95. The second-order valence-corrected chi connectivity index (χ2v) is 9.70. The van der Waals surface area contributed by atoms with Crippen molar-refractivity contribution >= 4 is 60.3 Å². The molecule has 3 nitrogen and oxygen atoms in total. The van der Waals surface area contributed by atoms with Crippen molar-refractivity contribution in [2.75, 3.05) is 0 Å². The van der Waals surface area contributed by atoms with E-state index in [2.05, 4.69) is 117 Å². The molecule has 0 radical (unpaired) electrons. The summed E-state index contributed by atoms with van der Waals surface area (Å²) >= 11 is 1.75. The van der Waals surface area contributed by atoms with Gasteiger partial charge >= 0.3 is 0 Å². The van der Waals surface area contributed by atoms with E-state index in [1.165, 1.54) is 49.0 Å². The Hall–Kier alpha value is -4.41. The van der Waals surface area contributed by atoms with Crippen molar-refractivity contribution in [3.63, 3.8) is 0 Å². The number of hydrogen-bond donors (Lipinski definition) is 0. The van der Waals surface area contributed by atoms with Gasteiger partial charge in [0, 0.05) is 43.6 Å². The molecule has 4 aromatic carbocycles. The maximum Gasteiger partial charge on any atom is 0.0834 e. The average Bonchev–Trinajstić information content (AvgIpc) is 3.64. The maximum absolute atomic E-state index is 4.86. The van der Waals surface area contributed by atoms with Crippen LogP contribution in [0.2, 0.25) is 0 Å². The highest BCUT2D eigenvalue weighted by Crippen LogP contribution is 2.38. The lowest BCUT2D eigenvalue weighted by Gasteiger charge is -2.10. The molecule has 0 unspecified atom stereocenters. The van der Waals surface area contributed by atoms with Gasteiger partial charge in [0.05, 0.1) is 28.3 Å². The van der Waals surface area contributed by atoms with Crippen molar-refractivity contribution in [3.05, 3.63) is 114 Å². The summed E-state index contributed by atoms with van der Waals surface area (Å²) < 4.78 is 4.47. The first-order valence-corrected chi connectivity index (χ1v) is 12.7. The molecule has 0 fully saturated rings. The van der Waals surface area contributed by atoms with E-state index in [1.807, 2.05) is 6.20 Å². The molecule has 8 aromatic rings. The molecule has 0 N–H and O–H groups in total. The fraction of sp³-hybridized carbons (Fsp3) is 0. The third kappa shape index (κ3) is 2.57. The summed E-state index contributed by atoms with van der Waals surface area (Å²) in [6.45, 7) is 0. The van der Waals surface area contributed by atoms with Crippen LogP contribution in [0, 0.1) is 0 Å². The topological polar surface area (TPSA) is 22.2 Å². The van der Waals surface area contributed by atoms with Gasteiger partial charge in [0.2, 0.25) is 0 Å². The second kappa shape index (κ2) is 7.05. The van der Waals surface area contributed by atoms with Crippen molar-refractivity contribution < 1.29 is 0 Å². The Morgan fingerprint density at radius 1 is 0.571 bits per heavy atom. The Balaban J connectivity index is 1.43. The Morgan fingerprint density at radius 3 is 1.94 bits per heavy atom. The number of fused-ring (bicyclic) bond motifs is 9. The van der Waals surface area contributed by atoms with Crippen molar-refractivity contribution in [2.45, 2.75) is 0 Å². The first-order chi connectivity index (χ1) is 17.4. The zero-order valence-electron chi connectivity index (χ0n) is 18.7. The van der Waals surface area contributed by atoms with Crippen molar-refractivity contribution in [1.29, 1.82) is 0 Å². The van der Waals surface area contributed by atoms with Crippen LogP contribution in [-0.2, 0) is 0 Å². The van der Waals surface area contributed by atoms with E-state index >= 15 is 0 Å². The average molecular weight is 466 g/mol. The summed E-state index contributed by atoms with van der Waals surface area (Å²) in [5.74, 6) is 0. The standard InChI is InChI=1S/C31H19N3S/c1-4-13-28-22(10-1)23-11-2-5-14-29(23)33(28)21-9-7-8-20(16-21)25-17-32-34-30-15-6-3-12-24(30)26-18-35-19-27(26)31(25)34/h1-19H. The smallest absolute Gasteiger partial charge is 0.0834 e. The number of hydrogen-bond acceptors (Lipinski definition) is 2. The molecule has 4 heteroatoms. The Kier molecular flexibility index (Phi) is 3.82. The minimum Gasteiger partial charge on any atom is -0.309 e. The monoisotopic (exact) mass is 465 g/mol. The highest BCUT2D eigenvalue weighted by atomic mass is 32.1. The third-order valence-electron chi connectivity index (χ3n) is 7.10. The SMILES string of the molecule is c1cc(-c2cnn3c4ccccc4c4cscc4c23)cc(-n2c3ccccc3c3ccccc32)c1. The van der Waals surface area contributed by atoms with E-state index in [0.717, 1.165) is 16.8 Å². The molecule has 4 aromatic heterocycles. The predicted octanol–water partition coefficient (Wildman–Crippen LogP) is 8.47. The van der Waals surface area contributed by atoms with Crippen LogP contribution >= 0.6 is 11.3 Å². The molecular weight excluding hydrogens is 446 g/mol. The van der Waals surface area contributed by atoms with Gasteiger partial charge in [0.25, 0.3) is 0 Å². The molecule has 0 bridgehead atoms. The number of rotatable bonds is 2. The molecule has 164 valence electrons. The van der Waals surface area contributed by atoms with Gasteiger partial charge in [-0.05, 0) is 41.3 Å². The molecule has 35 heavy (non-hydrogen) atoms. The van der Waals surface area contributed by atoms with Crippen LogP contribution in [-0.4, -0.2) is 14.2 Å². The predicted molar refractivity (Wildman–Crippen MR) is 148 cm³/mol. The van der Waals surface area contributed by atoms with Gasteiger partial charge in [-0.2, -0.15) is 16.4 Å². The van der Waals surface area contributed by atoms with Crippen LogP contribution in [0.5, 0.6) is 0 Å². The fourth-order valence-corrected chi connectivity index (χ4v) is 6.42. The zero-order valence-corrected chi connectivity index (χ0v) is 19.5. The highest BCUT2D eigenvalue weighted by molar-refractivity contribution is 7.09. The minimum atomic E-state index is 1.14. The minimum absolute atomic E-state index is 1.14. The number of para-hydroxylation sites is 3. The first kappa shape index (κ1) is 19.0. The van der Waals surface area contributed by atoms with Gasteiger partial charge in [0.1, 0.15) is 0 Å². The Morgan fingerprint density at radius 2 is 1.20 bits per heavy atom. The van der Waals surface area contributed by atoms with Gasteiger partial charge < -0.3 is 4.57 Å². The number of thiophene rings is 1. The van der Waals surface area contributed by atoms with Crippen LogP contribution in [0.3, 0.4) is 0 Å². The maximum atomic E-state index is 4.86.